The van der Waals surface area contributed by atoms with E-state index in [-0.39, 0.29) is 94.3 Å². The Hall–Kier alpha value is -6.37. The number of anilines is 2. The highest BCUT2D eigenvalue weighted by Crippen LogP contribution is 2.34. The third-order valence-electron chi connectivity index (χ3n) is 10.7. The van der Waals surface area contributed by atoms with Gasteiger partial charge in [-0.05, 0) is 96.2 Å². The Labute approximate surface area is 437 Å². The molecule has 0 unspecified atom stereocenters. The molecular formula is C51H72F2N8O13S. The van der Waals surface area contributed by atoms with Crippen LogP contribution in [-0.2, 0) is 63.1 Å². The first kappa shape index (κ1) is 61.2. The van der Waals surface area contributed by atoms with Crippen molar-refractivity contribution >= 4 is 57.1 Å². The highest BCUT2D eigenvalue weighted by molar-refractivity contribution is 7.92. The number of nitrogens with zero attached hydrogens (tertiary/aromatic N) is 4. The summed E-state index contributed by atoms with van der Waals surface area (Å²) >= 11 is 0. The highest BCUT2D eigenvalue weighted by Gasteiger charge is 2.40. The third-order valence-corrected chi connectivity index (χ3v) is 12.2. The smallest absolute Gasteiger partial charge is 0.407 e. The van der Waals surface area contributed by atoms with E-state index in [9.17, 15) is 41.8 Å². The fourth-order valence-corrected chi connectivity index (χ4v) is 8.84. The molecule has 1 saturated heterocycles. The van der Waals surface area contributed by atoms with E-state index in [1.54, 1.807) is 67.5 Å². The number of likely N-dealkylation sites (tertiary alicyclic amines) is 1. The molecule has 3 heterocycles. The van der Waals surface area contributed by atoms with Crippen LogP contribution in [0.5, 0.6) is 5.75 Å². The Bertz CT molecular complexity index is 2580. The fourth-order valence-electron chi connectivity index (χ4n) is 7.48. The predicted molar refractivity (Wildman–Crippen MR) is 274 cm³/mol. The number of alkyl carbamates (subject to hydrolysis) is 1. The van der Waals surface area contributed by atoms with Crippen LogP contribution < -0.4 is 26.0 Å². The average Bonchev–Trinajstić information content (AvgIpc) is 3.80. The number of amides is 5. The normalized spacial score (nSPS) is 15.3. The number of nitrogens with one attached hydrogen (secondary N) is 4. The zero-order chi connectivity index (χ0) is 55.5. The van der Waals surface area contributed by atoms with Crippen molar-refractivity contribution in [2.45, 2.75) is 116 Å². The first-order chi connectivity index (χ1) is 35.2. The van der Waals surface area contributed by atoms with Crippen LogP contribution in [0.2, 0.25) is 0 Å². The summed E-state index contributed by atoms with van der Waals surface area (Å²) in [5.41, 5.74) is -0.651. The van der Waals surface area contributed by atoms with Crippen LogP contribution in [0.15, 0.2) is 53.2 Å². The van der Waals surface area contributed by atoms with Crippen molar-refractivity contribution in [1.82, 2.24) is 30.8 Å². The number of methoxy groups -OCH3 is 1. The van der Waals surface area contributed by atoms with Gasteiger partial charge in [-0.15, -0.1) is 0 Å². The maximum Gasteiger partial charge on any atom is 0.407 e. The summed E-state index contributed by atoms with van der Waals surface area (Å²) in [7, 11) is -1.95. The summed E-state index contributed by atoms with van der Waals surface area (Å²) in [6.07, 6.45) is 3.12. The Morgan fingerprint density at radius 3 is 2.15 bits per heavy atom. The lowest BCUT2D eigenvalue weighted by atomic mass is 10.0. The number of halogens is 2. The van der Waals surface area contributed by atoms with Crippen LogP contribution in [0, 0.1) is 17.6 Å². The number of ether oxygens (including phenoxy) is 6. The largest absolute Gasteiger partial charge is 0.496 e. The number of esters is 1. The van der Waals surface area contributed by atoms with Crippen molar-refractivity contribution in [2.24, 2.45) is 10.3 Å². The molecular weight excluding hydrogens is 1000 g/mol. The SMILES string of the molecule is COc1cc(F)ccc1-c1cc(Nc2cc(C[S@](C)(=O)=NC(=O)[C@@H](NC(=O)[C@@H]3CCCN3C(=O)[C@H](CC(=O)OC(C)(C)C)NC(=O)CCOCCOCCOCCNC(=O)OC(C)(C)C)C(C)C)ccn2)ncc1F. The molecule has 5 amide bonds. The molecule has 0 saturated carbocycles. The van der Waals surface area contributed by atoms with Gasteiger partial charge in [0.2, 0.25) is 17.7 Å². The van der Waals surface area contributed by atoms with Gasteiger partial charge in [-0.25, -0.2) is 27.8 Å². The Kier molecular flexibility index (Phi) is 23.3. The molecule has 24 heteroatoms. The summed E-state index contributed by atoms with van der Waals surface area (Å²) in [5, 5.41) is 10.9. The van der Waals surface area contributed by atoms with Gasteiger partial charge in [0, 0.05) is 49.2 Å². The second-order valence-corrected chi connectivity index (χ2v) is 22.3. The van der Waals surface area contributed by atoms with E-state index in [4.69, 9.17) is 28.4 Å². The van der Waals surface area contributed by atoms with Gasteiger partial charge in [0.05, 0.1) is 74.9 Å². The molecule has 2 aromatic heterocycles. The lowest BCUT2D eigenvalue weighted by Crippen LogP contribution is -2.56. The van der Waals surface area contributed by atoms with Gasteiger partial charge in [-0.3, -0.25) is 24.0 Å². The van der Waals surface area contributed by atoms with E-state index in [2.05, 4.69) is 35.6 Å². The molecule has 1 aliphatic rings. The molecule has 3 aromatic rings. The molecule has 4 rings (SSSR count). The molecule has 75 heavy (non-hydrogen) atoms. The van der Waals surface area contributed by atoms with Crippen molar-refractivity contribution in [1.29, 1.82) is 0 Å². The number of benzene rings is 1. The number of hydrogen-bond acceptors (Lipinski definition) is 16. The number of hydrogen-bond donors (Lipinski definition) is 4. The fraction of sp³-hybridized carbons (Fsp3) is 0.569. The Morgan fingerprint density at radius 1 is 0.840 bits per heavy atom. The quantitative estimate of drug-likeness (QED) is 0.0562. The van der Waals surface area contributed by atoms with Gasteiger partial charge in [-0.2, -0.15) is 4.36 Å². The first-order valence-corrected chi connectivity index (χ1v) is 26.6. The van der Waals surface area contributed by atoms with Gasteiger partial charge >= 0.3 is 12.1 Å². The summed E-state index contributed by atoms with van der Waals surface area (Å²) in [6, 6.07) is 4.52. The van der Waals surface area contributed by atoms with Crippen LogP contribution in [0.1, 0.15) is 86.6 Å². The third kappa shape index (κ3) is 21.4. The summed E-state index contributed by atoms with van der Waals surface area (Å²) in [6.45, 7) is 15.1. The van der Waals surface area contributed by atoms with Crippen LogP contribution >= 0.6 is 0 Å². The van der Waals surface area contributed by atoms with Gasteiger partial charge in [0.1, 0.15) is 58.3 Å². The minimum Gasteiger partial charge on any atom is -0.496 e. The number of rotatable bonds is 26. The number of aromatic nitrogens is 2. The van der Waals surface area contributed by atoms with Crippen LogP contribution in [0.25, 0.3) is 11.1 Å². The zero-order valence-electron chi connectivity index (χ0n) is 44.4. The summed E-state index contributed by atoms with van der Waals surface area (Å²) in [5.74, 6) is -5.00. The summed E-state index contributed by atoms with van der Waals surface area (Å²) in [4.78, 5) is 89.4. The van der Waals surface area contributed by atoms with Crippen molar-refractivity contribution in [3.05, 3.63) is 66.0 Å². The lowest BCUT2D eigenvalue weighted by molar-refractivity contribution is -0.157. The molecule has 0 aliphatic carbocycles. The minimum atomic E-state index is -3.28. The van der Waals surface area contributed by atoms with Gasteiger partial charge in [-0.1, -0.05) is 13.8 Å². The summed E-state index contributed by atoms with van der Waals surface area (Å²) < 4.78 is 79.1. The molecule has 1 aliphatic heterocycles. The molecule has 4 N–H and O–H groups in total. The van der Waals surface area contributed by atoms with Crippen molar-refractivity contribution in [2.75, 3.05) is 71.4 Å². The molecule has 0 spiro atoms. The molecule has 414 valence electrons. The van der Waals surface area contributed by atoms with Gasteiger partial charge in [0.25, 0.3) is 5.91 Å². The van der Waals surface area contributed by atoms with E-state index in [0.717, 1.165) is 12.3 Å². The van der Waals surface area contributed by atoms with Gasteiger partial charge in [0.15, 0.2) is 0 Å². The van der Waals surface area contributed by atoms with E-state index < -0.39 is 98.7 Å². The second kappa shape index (κ2) is 28.5. The van der Waals surface area contributed by atoms with E-state index in [1.165, 1.54) is 42.7 Å². The van der Waals surface area contributed by atoms with Crippen LogP contribution in [0.3, 0.4) is 0 Å². The molecule has 4 atom stereocenters. The highest BCUT2D eigenvalue weighted by atomic mass is 32.2. The monoisotopic (exact) mass is 1070 g/mol. The maximum absolute atomic E-state index is 14.9. The number of pyridine rings is 2. The molecule has 1 aromatic carbocycles. The second-order valence-electron chi connectivity index (χ2n) is 19.9. The molecule has 21 nitrogen and oxygen atoms in total. The average molecular weight is 1080 g/mol. The topological polar surface area (TPSA) is 264 Å². The van der Waals surface area contributed by atoms with E-state index in [0.29, 0.717) is 17.5 Å². The maximum atomic E-state index is 14.9. The molecule has 0 radical (unpaired) electrons. The molecule has 1 fully saturated rings. The van der Waals surface area contributed by atoms with Crippen molar-refractivity contribution in [3.8, 4) is 16.9 Å². The van der Waals surface area contributed by atoms with E-state index >= 15 is 0 Å². The number of carbonyl (C=O) groups excluding carboxylic acids is 6. The molecule has 0 bridgehead atoms. The predicted octanol–water partition coefficient (Wildman–Crippen LogP) is 5.61. The van der Waals surface area contributed by atoms with Gasteiger partial charge < -0.3 is 54.6 Å². The standard InChI is InChI=1S/C51H72F2N8O13S/c1-32(2)45(47(65)60-75(10,68)31-33-15-17-54-41(26-33)58-42-28-36(37(53)30-56-42)35-14-13-34(52)27-40(35)69-9)59-46(64)39-12-11-19-61(39)48(66)38(29-44(63)73-50(3,4)5)57-43(62)16-20-70-22-24-72-25-23-71-21-18-55-49(67)74-51(6,7)8/h13-15,17,26-28,30,32,38-39,45H,11-12,16,18-25,29,31H2,1-10H3,(H,55,67)(H,57,62)(H,59,64)(H,54,56,58)/t38-,39-,45-,75-/m0/s1. The first-order valence-electron chi connectivity index (χ1n) is 24.5. The van der Waals surface area contributed by atoms with Crippen LogP contribution in [-0.4, -0.2) is 150 Å². The van der Waals surface area contributed by atoms with Crippen LogP contribution in [0.4, 0.5) is 25.2 Å². The van der Waals surface area contributed by atoms with Crippen molar-refractivity contribution < 1.29 is 70.2 Å². The Morgan fingerprint density at radius 2 is 1.49 bits per heavy atom. The van der Waals surface area contributed by atoms with Crippen molar-refractivity contribution in [3.63, 3.8) is 0 Å². The number of carbonyl (C=O) groups is 6. The minimum absolute atomic E-state index is 0.0294. The Balaban J connectivity index is 1.33. The lowest BCUT2D eigenvalue weighted by Gasteiger charge is -2.30. The zero-order valence-corrected chi connectivity index (χ0v) is 45.2. The van der Waals surface area contributed by atoms with E-state index in [1.807, 2.05) is 0 Å².